The van der Waals surface area contributed by atoms with Crippen LogP contribution < -0.4 is 5.32 Å². The Bertz CT molecular complexity index is 385. The van der Waals surface area contributed by atoms with E-state index in [1.165, 1.54) is 11.1 Å². The summed E-state index contributed by atoms with van der Waals surface area (Å²) in [5.41, 5.74) is 2.57. The lowest BCUT2D eigenvalue weighted by Gasteiger charge is -2.26. The molecule has 0 aromatic heterocycles. The van der Waals surface area contributed by atoms with Crippen molar-refractivity contribution in [2.45, 2.75) is 46.3 Å². The molecular formula is C17H29NO2. The Hall–Kier alpha value is -0.900. The van der Waals surface area contributed by atoms with E-state index in [9.17, 15) is 0 Å². The van der Waals surface area contributed by atoms with Crippen LogP contribution in [0.1, 0.15) is 44.9 Å². The number of ether oxygens (including phenoxy) is 2. The van der Waals surface area contributed by atoms with E-state index >= 15 is 0 Å². The summed E-state index contributed by atoms with van der Waals surface area (Å²) in [6, 6.07) is 8.51. The molecule has 0 aliphatic heterocycles. The topological polar surface area (TPSA) is 30.5 Å². The van der Waals surface area contributed by atoms with Crippen LogP contribution in [0.25, 0.3) is 0 Å². The maximum Gasteiger partial charge on any atom is 0.0950 e. The summed E-state index contributed by atoms with van der Waals surface area (Å²) >= 11 is 0. The van der Waals surface area contributed by atoms with Crippen molar-refractivity contribution in [3.63, 3.8) is 0 Å². The van der Waals surface area contributed by atoms with E-state index in [-0.39, 0.29) is 11.6 Å². The summed E-state index contributed by atoms with van der Waals surface area (Å²) in [6.45, 7) is 13.4. The summed E-state index contributed by atoms with van der Waals surface area (Å²) in [6.07, 6.45) is 0.0644. The molecule has 0 aliphatic carbocycles. The smallest absolute Gasteiger partial charge is 0.0950 e. The van der Waals surface area contributed by atoms with Crippen molar-refractivity contribution < 1.29 is 9.47 Å². The fraction of sp³-hybridized carbons (Fsp3) is 0.647. The molecule has 1 aromatic rings. The summed E-state index contributed by atoms with van der Waals surface area (Å²) in [5.74, 6) is 0. The SMILES string of the molecule is CCOCCOC(CNC(C)(C)C)c1cccc(C)c1. The second-order valence-corrected chi connectivity index (χ2v) is 6.10. The van der Waals surface area contributed by atoms with Gasteiger partial charge in [0, 0.05) is 18.7 Å². The van der Waals surface area contributed by atoms with Gasteiger partial charge in [0.25, 0.3) is 0 Å². The molecular weight excluding hydrogens is 250 g/mol. The van der Waals surface area contributed by atoms with E-state index in [0.29, 0.717) is 13.2 Å². The van der Waals surface area contributed by atoms with Gasteiger partial charge in [-0.25, -0.2) is 0 Å². The van der Waals surface area contributed by atoms with Gasteiger partial charge in [0.15, 0.2) is 0 Å². The zero-order chi connectivity index (χ0) is 15.0. The number of benzene rings is 1. The second kappa shape index (κ2) is 8.40. The van der Waals surface area contributed by atoms with Crippen molar-refractivity contribution in [1.29, 1.82) is 0 Å². The van der Waals surface area contributed by atoms with Gasteiger partial charge in [-0.3, -0.25) is 0 Å². The van der Waals surface area contributed by atoms with Crippen LogP contribution in [0.15, 0.2) is 24.3 Å². The Balaban J connectivity index is 2.63. The predicted octanol–water partition coefficient (Wildman–Crippen LogP) is 3.48. The summed E-state index contributed by atoms with van der Waals surface area (Å²) in [7, 11) is 0. The maximum atomic E-state index is 5.99. The minimum absolute atomic E-state index is 0.0644. The lowest BCUT2D eigenvalue weighted by molar-refractivity contribution is 0.00457. The largest absolute Gasteiger partial charge is 0.379 e. The van der Waals surface area contributed by atoms with Crippen LogP contribution in [0.3, 0.4) is 0 Å². The van der Waals surface area contributed by atoms with Gasteiger partial charge in [0.05, 0.1) is 19.3 Å². The van der Waals surface area contributed by atoms with E-state index < -0.39 is 0 Å². The highest BCUT2D eigenvalue weighted by atomic mass is 16.5. The predicted molar refractivity (Wildman–Crippen MR) is 84.1 cm³/mol. The molecule has 0 saturated heterocycles. The van der Waals surface area contributed by atoms with Gasteiger partial charge in [-0.15, -0.1) is 0 Å². The van der Waals surface area contributed by atoms with Crippen molar-refractivity contribution in [3.8, 4) is 0 Å². The molecule has 0 radical (unpaired) electrons. The molecule has 1 rings (SSSR count). The van der Waals surface area contributed by atoms with E-state index in [2.05, 4.69) is 57.3 Å². The summed E-state index contributed by atoms with van der Waals surface area (Å²) in [5, 5.41) is 3.51. The van der Waals surface area contributed by atoms with Crippen molar-refractivity contribution in [2.24, 2.45) is 0 Å². The Kier molecular flexibility index (Phi) is 7.20. The molecule has 0 spiro atoms. The first-order valence-electron chi connectivity index (χ1n) is 7.43. The number of hydrogen-bond donors (Lipinski definition) is 1. The molecule has 0 saturated carbocycles. The first-order valence-corrected chi connectivity index (χ1v) is 7.43. The Morgan fingerprint density at radius 1 is 1.20 bits per heavy atom. The molecule has 1 aromatic carbocycles. The molecule has 3 nitrogen and oxygen atoms in total. The molecule has 0 bridgehead atoms. The first-order chi connectivity index (χ1) is 9.42. The van der Waals surface area contributed by atoms with Gasteiger partial charge in [-0.05, 0) is 40.2 Å². The Labute approximate surface area is 123 Å². The number of rotatable bonds is 8. The fourth-order valence-corrected chi connectivity index (χ4v) is 1.94. The molecule has 0 fully saturated rings. The highest BCUT2D eigenvalue weighted by Gasteiger charge is 2.16. The standard InChI is InChI=1S/C17H29NO2/c1-6-19-10-11-20-16(13-18-17(3,4)5)15-9-7-8-14(2)12-15/h7-9,12,16,18H,6,10-11,13H2,1-5H3. The average Bonchev–Trinajstić information content (AvgIpc) is 2.36. The van der Waals surface area contributed by atoms with Gasteiger partial charge in [0.2, 0.25) is 0 Å². The monoisotopic (exact) mass is 279 g/mol. The van der Waals surface area contributed by atoms with Crippen molar-refractivity contribution in [2.75, 3.05) is 26.4 Å². The van der Waals surface area contributed by atoms with Crippen LogP contribution in [0.2, 0.25) is 0 Å². The number of hydrogen-bond acceptors (Lipinski definition) is 3. The summed E-state index contributed by atoms with van der Waals surface area (Å²) in [4.78, 5) is 0. The van der Waals surface area contributed by atoms with Crippen LogP contribution >= 0.6 is 0 Å². The van der Waals surface area contributed by atoms with Crippen molar-refractivity contribution in [1.82, 2.24) is 5.32 Å². The Morgan fingerprint density at radius 3 is 2.55 bits per heavy atom. The third-order valence-electron chi connectivity index (χ3n) is 2.98. The minimum atomic E-state index is 0.0644. The van der Waals surface area contributed by atoms with Crippen molar-refractivity contribution in [3.05, 3.63) is 35.4 Å². The highest BCUT2D eigenvalue weighted by Crippen LogP contribution is 2.19. The summed E-state index contributed by atoms with van der Waals surface area (Å²) < 4.78 is 11.3. The molecule has 0 amide bonds. The minimum Gasteiger partial charge on any atom is -0.379 e. The molecule has 3 heteroatoms. The lowest BCUT2D eigenvalue weighted by Crippen LogP contribution is -2.39. The fourth-order valence-electron chi connectivity index (χ4n) is 1.94. The van der Waals surface area contributed by atoms with Crippen LogP contribution in [-0.2, 0) is 9.47 Å². The van der Waals surface area contributed by atoms with Crippen LogP contribution in [0.5, 0.6) is 0 Å². The van der Waals surface area contributed by atoms with Crippen LogP contribution in [0, 0.1) is 6.92 Å². The van der Waals surface area contributed by atoms with E-state index in [1.54, 1.807) is 0 Å². The molecule has 1 N–H and O–H groups in total. The molecule has 1 unspecified atom stereocenters. The average molecular weight is 279 g/mol. The maximum absolute atomic E-state index is 5.99. The van der Waals surface area contributed by atoms with Crippen LogP contribution in [-0.4, -0.2) is 31.9 Å². The third kappa shape index (κ3) is 7.04. The van der Waals surface area contributed by atoms with E-state index in [0.717, 1.165) is 13.2 Å². The van der Waals surface area contributed by atoms with E-state index in [4.69, 9.17) is 9.47 Å². The molecule has 0 heterocycles. The van der Waals surface area contributed by atoms with Gasteiger partial charge < -0.3 is 14.8 Å². The van der Waals surface area contributed by atoms with Gasteiger partial charge >= 0.3 is 0 Å². The highest BCUT2D eigenvalue weighted by molar-refractivity contribution is 5.24. The molecule has 0 aliphatic rings. The molecule has 114 valence electrons. The normalized spacial score (nSPS) is 13.4. The Morgan fingerprint density at radius 2 is 1.95 bits per heavy atom. The lowest BCUT2D eigenvalue weighted by atomic mass is 10.0. The second-order valence-electron chi connectivity index (χ2n) is 6.10. The number of nitrogens with one attached hydrogen (secondary N) is 1. The quantitative estimate of drug-likeness (QED) is 0.739. The van der Waals surface area contributed by atoms with Gasteiger partial charge in [0.1, 0.15) is 0 Å². The zero-order valence-corrected chi connectivity index (χ0v) is 13.5. The first kappa shape index (κ1) is 17.2. The van der Waals surface area contributed by atoms with Gasteiger partial charge in [-0.1, -0.05) is 29.8 Å². The van der Waals surface area contributed by atoms with Crippen LogP contribution in [0.4, 0.5) is 0 Å². The number of aryl methyl sites for hydroxylation is 1. The third-order valence-corrected chi connectivity index (χ3v) is 2.98. The van der Waals surface area contributed by atoms with E-state index in [1.807, 2.05) is 6.92 Å². The zero-order valence-electron chi connectivity index (χ0n) is 13.5. The molecule has 1 atom stereocenters. The van der Waals surface area contributed by atoms with Gasteiger partial charge in [-0.2, -0.15) is 0 Å². The van der Waals surface area contributed by atoms with Crippen molar-refractivity contribution >= 4 is 0 Å². The molecule has 20 heavy (non-hydrogen) atoms.